The maximum Gasteiger partial charge on any atom is 0.409 e. The van der Waals surface area contributed by atoms with Gasteiger partial charge in [-0.3, -0.25) is 4.79 Å². The van der Waals surface area contributed by atoms with Crippen LogP contribution in [0.5, 0.6) is 0 Å². The lowest BCUT2D eigenvalue weighted by atomic mass is 9.97. The van der Waals surface area contributed by atoms with Gasteiger partial charge in [-0.1, -0.05) is 84.9 Å². The third-order valence-electron chi connectivity index (χ3n) is 9.54. The molecule has 7 rings (SSSR count). The summed E-state index contributed by atoms with van der Waals surface area (Å²) in [6.07, 6.45) is -0.868. The molecule has 7 nitrogen and oxygen atoms in total. The maximum absolute atomic E-state index is 14.4. The van der Waals surface area contributed by atoms with Crippen LogP contribution in [0.3, 0.4) is 0 Å². The first-order valence-corrected chi connectivity index (χ1v) is 19.0. The minimum atomic E-state index is -3.95. The van der Waals surface area contributed by atoms with E-state index in [-0.39, 0.29) is 44.2 Å². The molecular weight excluding hydrogens is 655 g/mol. The van der Waals surface area contributed by atoms with Crippen molar-refractivity contribution in [3.8, 4) is 21.6 Å². The number of sulfone groups is 1. The Kier molecular flexibility index (Phi) is 8.61. The van der Waals surface area contributed by atoms with Crippen LogP contribution in [0, 0.1) is 0 Å². The van der Waals surface area contributed by atoms with Crippen molar-refractivity contribution in [3.63, 3.8) is 0 Å². The Morgan fingerprint density at radius 2 is 1.49 bits per heavy atom. The van der Waals surface area contributed by atoms with Gasteiger partial charge in [-0.25, -0.2) is 13.2 Å². The molecule has 1 aliphatic carbocycles. The fraction of sp³-hybridized carbons (Fsp3) is 0.300. The zero-order valence-electron chi connectivity index (χ0n) is 27.8. The van der Waals surface area contributed by atoms with Crippen molar-refractivity contribution in [2.45, 2.75) is 49.9 Å². The Bertz CT molecular complexity index is 2120. The van der Waals surface area contributed by atoms with E-state index in [4.69, 9.17) is 9.47 Å². The molecule has 0 saturated carbocycles. The van der Waals surface area contributed by atoms with Crippen LogP contribution in [-0.2, 0) is 28.9 Å². The van der Waals surface area contributed by atoms with E-state index in [0.29, 0.717) is 4.88 Å². The summed E-state index contributed by atoms with van der Waals surface area (Å²) in [6.45, 7) is 5.52. The number of hydrogen-bond donors (Lipinski definition) is 0. The van der Waals surface area contributed by atoms with E-state index < -0.39 is 32.2 Å². The Morgan fingerprint density at radius 3 is 2.18 bits per heavy atom. The van der Waals surface area contributed by atoms with Crippen molar-refractivity contribution in [2.75, 3.05) is 25.4 Å². The number of benzene rings is 4. The number of rotatable bonds is 6. The van der Waals surface area contributed by atoms with Crippen LogP contribution in [0.4, 0.5) is 4.79 Å². The van der Waals surface area contributed by atoms with Crippen LogP contribution in [-0.4, -0.2) is 56.4 Å². The highest BCUT2D eigenvalue weighted by Crippen LogP contribution is 2.47. The number of ether oxygens (including phenoxy) is 2. The molecule has 2 aliphatic rings. The summed E-state index contributed by atoms with van der Waals surface area (Å²) < 4.78 is 38.8. The predicted molar refractivity (Wildman–Crippen MR) is 194 cm³/mol. The van der Waals surface area contributed by atoms with Gasteiger partial charge in [0.1, 0.15) is 17.0 Å². The molecule has 1 amide bonds. The van der Waals surface area contributed by atoms with Crippen molar-refractivity contribution < 1.29 is 27.5 Å². The molecule has 1 fully saturated rings. The molecule has 0 bridgehead atoms. The van der Waals surface area contributed by atoms with Crippen molar-refractivity contribution in [3.05, 3.63) is 119 Å². The number of thiophene rings is 1. The van der Waals surface area contributed by atoms with Crippen LogP contribution in [0.25, 0.3) is 32.3 Å². The Morgan fingerprint density at radius 1 is 0.837 bits per heavy atom. The Labute approximate surface area is 291 Å². The Hall–Kier alpha value is -4.47. The minimum Gasteiger partial charge on any atom is -0.460 e. The molecular formula is C40H39NO6S2. The van der Waals surface area contributed by atoms with Gasteiger partial charge in [-0.15, -0.1) is 11.3 Å². The van der Waals surface area contributed by atoms with Crippen LogP contribution >= 0.6 is 11.3 Å². The number of nitrogens with zero attached hydrogens (tertiary/aromatic N) is 1. The fourth-order valence-electron chi connectivity index (χ4n) is 7.13. The molecule has 1 aromatic heterocycles. The molecule has 5 aromatic rings. The lowest BCUT2D eigenvalue weighted by Crippen LogP contribution is -2.40. The lowest BCUT2D eigenvalue weighted by molar-refractivity contribution is -0.155. The third-order valence-corrected chi connectivity index (χ3v) is 13.5. The smallest absolute Gasteiger partial charge is 0.409 e. The van der Waals surface area contributed by atoms with Crippen molar-refractivity contribution in [2.24, 2.45) is 0 Å². The lowest BCUT2D eigenvalue weighted by Gasteiger charge is -2.31. The molecule has 9 heteroatoms. The molecule has 252 valence electrons. The molecule has 1 saturated heterocycles. The van der Waals surface area contributed by atoms with E-state index in [2.05, 4.69) is 42.5 Å². The summed E-state index contributed by atoms with van der Waals surface area (Å²) in [7, 11) is -3.95. The van der Waals surface area contributed by atoms with E-state index in [1.165, 1.54) is 16.2 Å². The van der Waals surface area contributed by atoms with Gasteiger partial charge in [0.05, 0.1) is 12.2 Å². The van der Waals surface area contributed by atoms with Gasteiger partial charge in [-0.2, -0.15) is 0 Å². The van der Waals surface area contributed by atoms with E-state index in [0.717, 1.165) is 43.5 Å². The molecule has 1 unspecified atom stereocenters. The molecule has 0 radical (unpaired) electrons. The van der Waals surface area contributed by atoms with Gasteiger partial charge in [0.15, 0.2) is 9.84 Å². The second-order valence-corrected chi connectivity index (χ2v) is 17.3. The van der Waals surface area contributed by atoms with Gasteiger partial charge in [-0.05, 0) is 84.0 Å². The van der Waals surface area contributed by atoms with Crippen LogP contribution in [0.2, 0.25) is 0 Å². The van der Waals surface area contributed by atoms with Gasteiger partial charge in [0.2, 0.25) is 0 Å². The highest BCUT2D eigenvalue weighted by atomic mass is 32.2. The van der Waals surface area contributed by atoms with Crippen molar-refractivity contribution in [1.82, 2.24) is 4.90 Å². The summed E-state index contributed by atoms with van der Waals surface area (Å²) in [4.78, 5) is 30.0. The van der Waals surface area contributed by atoms with E-state index in [1.54, 1.807) is 20.8 Å². The second kappa shape index (κ2) is 12.8. The standard InChI is InChI=1S/C40H39NO6S2/c1-39(2,3)47-37(42)25-40(36-19-18-35(48-36)29-17-16-27-10-4-5-11-28(27)24-29)20-21-41(22-23-49(40,44)45)38(43)46-26-34-32-14-8-6-12-30(32)31-13-7-9-15-33(31)34/h4-19,24,34H,20-23,25-26H2,1-3H3. The van der Waals surface area contributed by atoms with E-state index >= 15 is 0 Å². The topological polar surface area (TPSA) is 90.0 Å². The second-order valence-electron chi connectivity index (χ2n) is 13.8. The molecule has 49 heavy (non-hydrogen) atoms. The minimum absolute atomic E-state index is 0.0298. The molecule has 1 aliphatic heterocycles. The summed E-state index contributed by atoms with van der Waals surface area (Å²) in [5.74, 6) is -1.01. The summed E-state index contributed by atoms with van der Waals surface area (Å²) in [5, 5.41) is 2.20. The summed E-state index contributed by atoms with van der Waals surface area (Å²) in [5.41, 5.74) is 4.65. The highest BCUT2D eigenvalue weighted by Gasteiger charge is 2.51. The summed E-state index contributed by atoms with van der Waals surface area (Å²) in [6, 6.07) is 34.2. The monoisotopic (exact) mass is 693 g/mol. The van der Waals surface area contributed by atoms with Gasteiger partial charge in [0, 0.05) is 28.8 Å². The largest absolute Gasteiger partial charge is 0.460 e. The third kappa shape index (κ3) is 6.37. The molecule has 4 aromatic carbocycles. The van der Waals surface area contributed by atoms with E-state index in [1.807, 2.05) is 60.7 Å². The van der Waals surface area contributed by atoms with Crippen molar-refractivity contribution >= 4 is 44.0 Å². The number of carbonyl (C=O) groups excluding carboxylic acids is 2. The fourth-order valence-corrected chi connectivity index (χ4v) is 10.7. The van der Waals surface area contributed by atoms with Gasteiger partial charge >= 0.3 is 12.1 Å². The SMILES string of the molecule is CC(C)(C)OC(=O)CC1(c2ccc(-c3ccc4ccccc4c3)s2)CCN(C(=O)OCC2c3ccccc3-c3ccccc32)CCS1(=O)=O. The number of fused-ring (bicyclic) bond motifs is 4. The number of hydrogen-bond acceptors (Lipinski definition) is 7. The molecule has 1 atom stereocenters. The zero-order chi connectivity index (χ0) is 34.4. The van der Waals surface area contributed by atoms with Crippen molar-refractivity contribution in [1.29, 1.82) is 0 Å². The first-order valence-electron chi connectivity index (χ1n) is 16.6. The first-order chi connectivity index (χ1) is 23.4. The molecule has 0 spiro atoms. The van der Waals surface area contributed by atoms with Crippen LogP contribution < -0.4 is 0 Å². The molecule has 0 N–H and O–H groups in total. The summed E-state index contributed by atoms with van der Waals surface area (Å²) >= 11 is 1.37. The quantitative estimate of drug-likeness (QED) is 0.166. The van der Waals surface area contributed by atoms with Gasteiger partial charge in [0.25, 0.3) is 0 Å². The van der Waals surface area contributed by atoms with Crippen LogP contribution in [0.1, 0.15) is 55.5 Å². The van der Waals surface area contributed by atoms with Crippen LogP contribution in [0.15, 0.2) is 103 Å². The van der Waals surface area contributed by atoms with E-state index in [9.17, 15) is 18.0 Å². The first kappa shape index (κ1) is 33.0. The maximum atomic E-state index is 14.4. The van der Waals surface area contributed by atoms with Gasteiger partial charge < -0.3 is 14.4 Å². The average molecular weight is 694 g/mol. The number of esters is 1. The molecule has 2 heterocycles. The Balaban J connectivity index is 1.16. The number of carbonyl (C=O) groups is 2. The predicted octanol–water partition coefficient (Wildman–Crippen LogP) is 8.57. The zero-order valence-corrected chi connectivity index (χ0v) is 29.5. The average Bonchev–Trinajstić information content (AvgIpc) is 3.66. The number of amides is 1. The normalized spacial score (nSPS) is 18.8. The highest BCUT2D eigenvalue weighted by molar-refractivity contribution is 7.92.